The van der Waals surface area contributed by atoms with E-state index in [2.05, 4.69) is 10.6 Å². The summed E-state index contributed by atoms with van der Waals surface area (Å²) < 4.78 is 10.1. The van der Waals surface area contributed by atoms with Crippen LogP contribution < -0.4 is 16.4 Å². The first kappa shape index (κ1) is 26.7. The van der Waals surface area contributed by atoms with Crippen LogP contribution in [0.5, 0.6) is 5.75 Å². The van der Waals surface area contributed by atoms with Crippen molar-refractivity contribution in [3.63, 3.8) is 0 Å². The van der Waals surface area contributed by atoms with Gasteiger partial charge in [-0.05, 0) is 70.8 Å². The minimum atomic E-state index is -0.852. The van der Waals surface area contributed by atoms with Crippen molar-refractivity contribution >= 4 is 23.7 Å². The zero-order chi connectivity index (χ0) is 25.3. The summed E-state index contributed by atoms with van der Waals surface area (Å²) in [6, 6.07) is 10.3. The van der Waals surface area contributed by atoms with E-state index in [-0.39, 0.29) is 11.3 Å². The number of nitrogens with two attached hydrogens (primary N) is 1. The number of alkyl carbamates (subject to hydrolysis) is 1. The van der Waals surface area contributed by atoms with Gasteiger partial charge in [-0.3, -0.25) is 4.79 Å². The molecule has 1 unspecified atom stereocenters. The molecule has 184 valence electrons. The maximum absolute atomic E-state index is 13.0. The molecule has 0 fully saturated rings. The highest BCUT2D eigenvalue weighted by atomic mass is 16.6. The Kier molecular flexibility index (Phi) is 9.44. The van der Waals surface area contributed by atoms with Gasteiger partial charge in [0.1, 0.15) is 17.4 Å². The predicted molar refractivity (Wildman–Crippen MR) is 130 cm³/mol. The molecule has 2 amide bonds. The lowest BCUT2D eigenvalue weighted by Gasteiger charge is -2.23. The number of phenolic OH excluding ortho intramolecular Hbond substituents is 1. The fraction of sp³-hybridized carbons (Fsp3) is 0.400. The van der Waals surface area contributed by atoms with Crippen molar-refractivity contribution < 1.29 is 29.0 Å². The minimum absolute atomic E-state index is 0.0256. The molecule has 0 bridgehead atoms. The number of benzene rings is 2. The Labute approximate surface area is 199 Å². The number of para-hydroxylation sites is 1. The van der Waals surface area contributed by atoms with Crippen molar-refractivity contribution in [3.8, 4) is 16.9 Å². The first-order valence-corrected chi connectivity index (χ1v) is 11.1. The molecule has 34 heavy (non-hydrogen) atoms. The van der Waals surface area contributed by atoms with Crippen LogP contribution in [0.15, 0.2) is 42.5 Å². The molecule has 0 radical (unpaired) electrons. The standard InChI is InChI=1S/C25H33N3O6/c1-25(2,3)34-24(32)28-20(10-7-8-14-26)22(30)27-16-12-13-18(23(31)33-4)19(15-16)17-9-5-6-11-21(17)29/h5-6,9,11-13,15,20,29H,7-8,10,14,26H2,1-4H3,(H,27,30)(H,28,32). The van der Waals surface area contributed by atoms with Gasteiger partial charge < -0.3 is 30.9 Å². The molecular formula is C25H33N3O6. The molecule has 0 heterocycles. The number of unbranched alkanes of at least 4 members (excludes halogenated alkanes) is 1. The summed E-state index contributed by atoms with van der Waals surface area (Å²) >= 11 is 0. The van der Waals surface area contributed by atoms with Crippen LogP contribution in [0.25, 0.3) is 11.1 Å². The van der Waals surface area contributed by atoms with Crippen LogP contribution in [-0.4, -0.2) is 48.4 Å². The molecule has 0 aliphatic heterocycles. The smallest absolute Gasteiger partial charge is 0.408 e. The number of ether oxygens (including phenoxy) is 2. The maximum atomic E-state index is 13.0. The summed E-state index contributed by atoms with van der Waals surface area (Å²) in [4.78, 5) is 37.6. The summed E-state index contributed by atoms with van der Waals surface area (Å²) in [5.41, 5.74) is 6.26. The van der Waals surface area contributed by atoms with Crippen molar-refractivity contribution in [1.29, 1.82) is 0 Å². The van der Waals surface area contributed by atoms with Crippen LogP contribution in [0.2, 0.25) is 0 Å². The topological polar surface area (TPSA) is 140 Å². The van der Waals surface area contributed by atoms with Gasteiger partial charge in [-0.25, -0.2) is 9.59 Å². The molecule has 2 aromatic carbocycles. The molecular weight excluding hydrogens is 438 g/mol. The molecule has 0 saturated heterocycles. The second kappa shape index (κ2) is 12.0. The Morgan fingerprint density at radius 3 is 2.38 bits per heavy atom. The van der Waals surface area contributed by atoms with E-state index < -0.39 is 29.6 Å². The number of carbonyl (C=O) groups is 3. The average Bonchev–Trinajstić information content (AvgIpc) is 2.77. The number of amides is 2. The SMILES string of the molecule is COC(=O)c1ccc(NC(=O)C(CCCCN)NC(=O)OC(C)(C)C)cc1-c1ccccc1O. The number of esters is 1. The fourth-order valence-electron chi connectivity index (χ4n) is 3.27. The number of hydrogen-bond acceptors (Lipinski definition) is 7. The number of phenols is 1. The lowest BCUT2D eigenvalue weighted by Crippen LogP contribution is -2.45. The molecule has 1 atom stereocenters. The predicted octanol–water partition coefficient (Wildman–Crippen LogP) is 3.81. The highest BCUT2D eigenvalue weighted by molar-refractivity contribution is 6.01. The lowest BCUT2D eigenvalue weighted by atomic mass is 9.98. The fourth-order valence-corrected chi connectivity index (χ4v) is 3.27. The van der Waals surface area contributed by atoms with Crippen molar-refractivity contribution in [2.75, 3.05) is 19.0 Å². The maximum Gasteiger partial charge on any atom is 0.408 e. The van der Waals surface area contributed by atoms with Gasteiger partial charge in [-0.1, -0.05) is 18.2 Å². The van der Waals surface area contributed by atoms with Crippen molar-refractivity contribution in [2.45, 2.75) is 51.7 Å². The molecule has 9 heteroatoms. The molecule has 0 aliphatic carbocycles. The van der Waals surface area contributed by atoms with Gasteiger partial charge in [0.15, 0.2) is 0 Å². The third-order valence-corrected chi connectivity index (χ3v) is 4.84. The Hall–Kier alpha value is -3.59. The summed E-state index contributed by atoms with van der Waals surface area (Å²) in [6.07, 6.45) is 1.01. The van der Waals surface area contributed by atoms with E-state index in [1.54, 1.807) is 51.1 Å². The number of methoxy groups -OCH3 is 1. The normalized spacial score (nSPS) is 11.9. The number of hydrogen-bond donors (Lipinski definition) is 4. The largest absolute Gasteiger partial charge is 0.507 e. The molecule has 5 N–H and O–H groups in total. The Bertz CT molecular complexity index is 1020. The summed E-state index contributed by atoms with van der Waals surface area (Å²) in [6.45, 7) is 5.68. The van der Waals surface area contributed by atoms with Crippen molar-refractivity contribution in [2.24, 2.45) is 5.73 Å². The van der Waals surface area contributed by atoms with E-state index in [1.807, 2.05) is 0 Å². The Morgan fingerprint density at radius 1 is 1.06 bits per heavy atom. The summed E-state index contributed by atoms with van der Waals surface area (Å²) in [5, 5.41) is 15.7. The first-order valence-electron chi connectivity index (χ1n) is 11.1. The van der Waals surface area contributed by atoms with Crippen LogP contribution >= 0.6 is 0 Å². The van der Waals surface area contributed by atoms with E-state index in [9.17, 15) is 19.5 Å². The molecule has 9 nitrogen and oxygen atoms in total. The minimum Gasteiger partial charge on any atom is -0.507 e. The van der Waals surface area contributed by atoms with Gasteiger partial charge in [0.2, 0.25) is 5.91 Å². The van der Waals surface area contributed by atoms with Gasteiger partial charge >= 0.3 is 12.1 Å². The highest BCUT2D eigenvalue weighted by Crippen LogP contribution is 2.33. The number of carbonyl (C=O) groups excluding carboxylic acids is 3. The molecule has 0 spiro atoms. The number of rotatable bonds is 9. The number of aromatic hydroxyl groups is 1. The molecule has 0 aliphatic rings. The zero-order valence-corrected chi connectivity index (χ0v) is 20.0. The average molecular weight is 472 g/mol. The van der Waals surface area contributed by atoms with E-state index in [0.29, 0.717) is 42.6 Å². The first-order chi connectivity index (χ1) is 16.1. The molecule has 0 saturated carbocycles. The molecule has 2 aromatic rings. The van der Waals surface area contributed by atoms with Crippen LogP contribution in [0.4, 0.5) is 10.5 Å². The van der Waals surface area contributed by atoms with Gasteiger partial charge in [0.05, 0.1) is 12.7 Å². The van der Waals surface area contributed by atoms with Gasteiger partial charge in [0.25, 0.3) is 0 Å². The second-order valence-electron chi connectivity index (χ2n) is 8.74. The van der Waals surface area contributed by atoms with Crippen LogP contribution in [0, 0.1) is 0 Å². The molecule has 2 rings (SSSR count). The van der Waals surface area contributed by atoms with E-state index in [1.165, 1.54) is 19.2 Å². The highest BCUT2D eigenvalue weighted by Gasteiger charge is 2.25. The lowest BCUT2D eigenvalue weighted by molar-refractivity contribution is -0.118. The third kappa shape index (κ3) is 7.77. The number of nitrogens with one attached hydrogen (secondary N) is 2. The zero-order valence-electron chi connectivity index (χ0n) is 20.0. The molecule has 0 aromatic heterocycles. The van der Waals surface area contributed by atoms with Gasteiger partial charge in [-0.2, -0.15) is 0 Å². The van der Waals surface area contributed by atoms with Crippen molar-refractivity contribution in [3.05, 3.63) is 48.0 Å². The Balaban J connectivity index is 2.31. The second-order valence-corrected chi connectivity index (χ2v) is 8.74. The monoisotopic (exact) mass is 471 g/mol. The van der Waals surface area contributed by atoms with Crippen molar-refractivity contribution in [1.82, 2.24) is 5.32 Å². The summed E-state index contributed by atoms with van der Waals surface area (Å²) in [5.74, 6) is -1.05. The Morgan fingerprint density at radius 2 is 1.76 bits per heavy atom. The van der Waals surface area contributed by atoms with Crippen LogP contribution in [0.3, 0.4) is 0 Å². The van der Waals surface area contributed by atoms with Crippen LogP contribution in [0.1, 0.15) is 50.4 Å². The van der Waals surface area contributed by atoms with E-state index in [0.717, 1.165) is 0 Å². The van der Waals surface area contributed by atoms with Crippen LogP contribution in [-0.2, 0) is 14.3 Å². The van der Waals surface area contributed by atoms with Gasteiger partial charge in [-0.15, -0.1) is 0 Å². The quantitative estimate of drug-likeness (QED) is 0.322. The summed E-state index contributed by atoms with van der Waals surface area (Å²) in [7, 11) is 1.26. The van der Waals surface area contributed by atoms with E-state index >= 15 is 0 Å². The third-order valence-electron chi connectivity index (χ3n) is 4.84. The van der Waals surface area contributed by atoms with E-state index in [4.69, 9.17) is 15.2 Å². The van der Waals surface area contributed by atoms with Gasteiger partial charge in [0, 0.05) is 16.8 Å². The number of anilines is 1.